The minimum atomic E-state index is -3.74. The predicted octanol–water partition coefficient (Wildman–Crippen LogP) is 3.11. The van der Waals surface area contributed by atoms with E-state index in [4.69, 9.17) is 18.4 Å². The number of hydrogen-bond acceptors (Lipinski definition) is 7. The number of carbonyl (C=O) groups is 1. The molecule has 0 aliphatic rings. The highest BCUT2D eigenvalue weighted by molar-refractivity contribution is 7.86. The second-order valence-electron chi connectivity index (χ2n) is 6.57. The predicted molar refractivity (Wildman–Crippen MR) is 117 cm³/mol. The molecule has 0 heterocycles. The van der Waals surface area contributed by atoms with E-state index < -0.39 is 10.1 Å². The topological polar surface area (TPSA) is 103 Å². The van der Waals surface area contributed by atoms with Crippen molar-refractivity contribution in [3.8, 4) is 17.2 Å². The Balaban J connectivity index is 2.18. The van der Waals surface area contributed by atoms with Crippen LogP contribution in [-0.4, -0.2) is 59.6 Å². The molecule has 9 nitrogen and oxygen atoms in total. The summed E-state index contributed by atoms with van der Waals surface area (Å²) in [5.41, 5.74) is 1.28. The Kier molecular flexibility index (Phi) is 8.95. The molecule has 0 saturated carbocycles. The molecule has 1 N–H and O–H groups in total. The van der Waals surface area contributed by atoms with Crippen LogP contribution in [0, 0.1) is 0 Å². The molecule has 10 heteroatoms. The molecule has 2 aromatic rings. The number of anilines is 1. The molecule has 170 valence electrons. The fourth-order valence-corrected chi connectivity index (χ4v) is 3.18. The van der Waals surface area contributed by atoms with Gasteiger partial charge in [0.1, 0.15) is 5.75 Å². The van der Waals surface area contributed by atoms with Gasteiger partial charge in [0.2, 0.25) is 0 Å². The van der Waals surface area contributed by atoms with Gasteiger partial charge < -0.3 is 28.6 Å². The molecule has 0 aliphatic heterocycles. The fraction of sp³-hybridized carbons (Fsp3) is 0.381. The summed E-state index contributed by atoms with van der Waals surface area (Å²) in [7, 11) is -0.772. The second kappa shape index (κ2) is 11.4. The van der Waals surface area contributed by atoms with E-state index in [2.05, 4.69) is 5.32 Å². The first kappa shape index (κ1) is 24.3. The fourth-order valence-electron chi connectivity index (χ4n) is 2.73. The van der Waals surface area contributed by atoms with E-state index >= 15 is 0 Å². The highest BCUT2D eigenvalue weighted by Crippen LogP contribution is 2.29. The van der Waals surface area contributed by atoms with Gasteiger partial charge in [0.25, 0.3) is 0 Å². The van der Waals surface area contributed by atoms with Crippen LogP contribution in [0.4, 0.5) is 10.5 Å². The Bertz CT molecular complexity index is 962. The van der Waals surface area contributed by atoms with Crippen LogP contribution >= 0.6 is 0 Å². The average molecular weight is 453 g/mol. The van der Waals surface area contributed by atoms with E-state index in [0.717, 1.165) is 6.26 Å². The van der Waals surface area contributed by atoms with Crippen molar-refractivity contribution in [2.24, 2.45) is 0 Å². The molecular weight excluding hydrogens is 424 g/mol. The van der Waals surface area contributed by atoms with Gasteiger partial charge in [-0.3, -0.25) is 0 Å². The van der Waals surface area contributed by atoms with Crippen LogP contribution in [0.2, 0.25) is 0 Å². The lowest BCUT2D eigenvalue weighted by Crippen LogP contribution is -2.36. The van der Waals surface area contributed by atoms with Gasteiger partial charge in [0.15, 0.2) is 11.5 Å². The lowest BCUT2D eigenvalue weighted by atomic mass is 10.2. The standard InChI is InChI=1S/C21H28N2O7S/c1-5-29-18-9-7-17(8-10-18)22-21(24)23(12-13-27-2)15-16-6-11-19(28-3)20(14-16)30-31(4,25)26/h6-11,14H,5,12-13,15H2,1-4H3,(H,22,24). The molecule has 2 amide bonds. The molecule has 0 aliphatic carbocycles. The van der Waals surface area contributed by atoms with Crippen LogP contribution in [0.1, 0.15) is 12.5 Å². The zero-order chi connectivity index (χ0) is 22.9. The van der Waals surface area contributed by atoms with Crippen molar-refractivity contribution in [3.63, 3.8) is 0 Å². The average Bonchev–Trinajstić information content (AvgIpc) is 2.71. The van der Waals surface area contributed by atoms with Gasteiger partial charge in [-0.15, -0.1) is 0 Å². The second-order valence-corrected chi connectivity index (χ2v) is 8.15. The maximum atomic E-state index is 12.8. The van der Waals surface area contributed by atoms with Crippen LogP contribution in [0.5, 0.6) is 17.2 Å². The van der Waals surface area contributed by atoms with Gasteiger partial charge in [0.05, 0.1) is 26.6 Å². The lowest BCUT2D eigenvalue weighted by molar-refractivity contribution is 0.153. The number of rotatable bonds is 11. The third-order valence-electron chi connectivity index (χ3n) is 4.11. The molecule has 2 rings (SSSR count). The molecule has 31 heavy (non-hydrogen) atoms. The maximum absolute atomic E-state index is 12.8. The molecule has 0 bridgehead atoms. The highest BCUT2D eigenvalue weighted by atomic mass is 32.2. The summed E-state index contributed by atoms with van der Waals surface area (Å²) < 4.78 is 43.8. The summed E-state index contributed by atoms with van der Waals surface area (Å²) in [5, 5.41) is 2.84. The Morgan fingerprint density at radius 2 is 1.77 bits per heavy atom. The quantitative estimate of drug-likeness (QED) is 0.523. The smallest absolute Gasteiger partial charge is 0.322 e. The van der Waals surface area contributed by atoms with Crippen molar-refractivity contribution >= 4 is 21.8 Å². The number of nitrogens with one attached hydrogen (secondary N) is 1. The maximum Gasteiger partial charge on any atom is 0.322 e. The SMILES string of the molecule is CCOc1ccc(NC(=O)N(CCOC)Cc2ccc(OC)c(OS(C)(=O)=O)c2)cc1. The van der Waals surface area contributed by atoms with Gasteiger partial charge in [-0.05, 0) is 48.9 Å². The minimum Gasteiger partial charge on any atom is -0.494 e. The van der Waals surface area contributed by atoms with Crippen molar-refractivity contribution in [2.45, 2.75) is 13.5 Å². The Morgan fingerprint density at radius 1 is 1.06 bits per heavy atom. The number of nitrogens with zero attached hydrogens (tertiary/aromatic N) is 1. The van der Waals surface area contributed by atoms with Gasteiger partial charge in [-0.1, -0.05) is 6.07 Å². The molecule has 2 aromatic carbocycles. The number of hydrogen-bond donors (Lipinski definition) is 1. The molecule has 0 radical (unpaired) electrons. The third-order valence-corrected chi connectivity index (χ3v) is 4.59. The number of methoxy groups -OCH3 is 2. The molecule has 0 unspecified atom stereocenters. The van der Waals surface area contributed by atoms with Gasteiger partial charge >= 0.3 is 16.1 Å². The molecule has 0 atom stereocenters. The van der Waals surface area contributed by atoms with Gasteiger partial charge in [-0.25, -0.2) is 4.79 Å². The monoisotopic (exact) mass is 452 g/mol. The van der Waals surface area contributed by atoms with Crippen LogP contribution in [-0.2, 0) is 21.4 Å². The summed E-state index contributed by atoms with van der Waals surface area (Å²) in [6.07, 6.45) is 0.953. The zero-order valence-electron chi connectivity index (χ0n) is 18.1. The first-order valence-electron chi connectivity index (χ1n) is 9.59. The summed E-state index contributed by atoms with van der Waals surface area (Å²) in [4.78, 5) is 14.4. The molecule has 0 saturated heterocycles. The van der Waals surface area contributed by atoms with Crippen molar-refractivity contribution < 1.29 is 31.6 Å². The third kappa shape index (κ3) is 7.99. The summed E-state index contributed by atoms with van der Waals surface area (Å²) in [5.74, 6) is 1.05. The first-order chi connectivity index (χ1) is 14.8. The number of ether oxygens (including phenoxy) is 3. The molecule has 0 aromatic heterocycles. The van der Waals surface area contributed by atoms with E-state index in [-0.39, 0.29) is 24.1 Å². The van der Waals surface area contributed by atoms with E-state index in [1.54, 1.807) is 48.4 Å². The van der Waals surface area contributed by atoms with Crippen LogP contribution in [0.15, 0.2) is 42.5 Å². The van der Waals surface area contributed by atoms with Crippen molar-refractivity contribution in [2.75, 3.05) is 45.6 Å². The largest absolute Gasteiger partial charge is 0.494 e. The Hall–Kier alpha value is -2.98. The van der Waals surface area contributed by atoms with Crippen LogP contribution in [0.25, 0.3) is 0 Å². The van der Waals surface area contributed by atoms with Crippen LogP contribution < -0.4 is 19.0 Å². The molecule has 0 fully saturated rings. The van der Waals surface area contributed by atoms with E-state index in [1.165, 1.54) is 13.2 Å². The van der Waals surface area contributed by atoms with Gasteiger partial charge in [0, 0.05) is 25.9 Å². The molecule has 0 spiro atoms. The van der Waals surface area contributed by atoms with Crippen molar-refractivity contribution in [1.29, 1.82) is 0 Å². The van der Waals surface area contributed by atoms with Crippen molar-refractivity contribution in [1.82, 2.24) is 4.90 Å². The summed E-state index contributed by atoms with van der Waals surface area (Å²) >= 11 is 0. The lowest BCUT2D eigenvalue weighted by Gasteiger charge is -2.23. The minimum absolute atomic E-state index is 0.0566. The zero-order valence-corrected chi connectivity index (χ0v) is 18.9. The van der Waals surface area contributed by atoms with Crippen LogP contribution in [0.3, 0.4) is 0 Å². The highest BCUT2D eigenvalue weighted by Gasteiger charge is 2.17. The van der Waals surface area contributed by atoms with E-state index in [0.29, 0.717) is 36.8 Å². The number of benzene rings is 2. The number of amides is 2. The summed E-state index contributed by atoms with van der Waals surface area (Å²) in [6.45, 7) is 3.32. The number of carbonyl (C=O) groups excluding carboxylic acids is 1. The first-order valence-corrected chi connectivity index (χ1v) is 11.4. The Labute approximate surface area is 183 Å². The summed E-state index contributed by atoms with van der Waals surface area (Å²) in [6, 6.07) is 11.6. The Morgan fingerprint density at radius 3 is 2.35 bits per heavy atom. The van der Waals surface area contributed by atoms with E-state index in [1.807, 2.05) is 6.92 Å². The van der Waals surface area contributed by atoms with Crippen molar-refractivity contribution in [3.05, 3.63) is 48.0 Å². The number of urea groups is 1. The van der Waals surface area contributed by atoms with E-state index in [9.17, 15) is 13.2 Å². The molecular formula is C21H28N2O7S. The normalized spacial score (nSPS) is 11.0. The van der Waals surface area contributed by atoms with Gasteiger partial charge in [-0.2, -0.15) is 8.42 Å².